The van der Waals surface area contributed by atoms with Gasteiger partial charge < -0.3 is 19.5 Å². The maximum absolute atomic E-state index is 12.3. The number of carbonyl (C=O) groups is 2. The van der Waals surface area contributed by atoms with E-state index in [-0.39, 0.29) is 27.9 Å². The van der Waals surface area contributed by atoms with Gasteiger partial charge in [0.2, 0.25) is 0 Å². The molecule has 1 heterocycles. The van der Waals surface area contributed by atoms with Crippen LogP contribution >= 0.6 is 11.6 Å². The van der Waals surface area contributed by atoms with Gasteiger partial charge in [0.05, 0.1) is 18.4 Å². The molecule has 0 bridgehead atoms. The molecule has 0 aliphatic heterocycles. The second kappa shape index (κ2) is 8.95. The minimum atomic E-state index is -3.04. The van der Waals surface area contributed by atoms with Gasteiger partial charge in [-0.25, -0.2) is 9.78 Å². The maximum Gasteiger partial charge on any atom is 0.387 e. The predicted octanol–water partition coefficient (Wildman–Crippen LogP) is 3.14. The molecule has 0 saturated heterocycles. The Labute approximate surface area is 151 Å². The number of ether oxygens (including phenoxy) is 3. The van der Waals surface area contributed by atoms with Crippen molar-refractivity contribution in [2.24, 2.45) is 0 Å². The standard InChI is InChI=1S/C16H13ClF2N2O5/c1-24-12-7-9(4-5-11(12)26-16(18)19)15(23)25-8-13(22)21-10-3-2-6-20-14(10)17/h2-7,16H,8H2,1H3,(H,21,22). The largest absolute Gasteiger partial charge is 0.493 e. The molecule has 1 N–H and O–H groups in total. The normalized spacial score (nSPS) is 10.3. The minimum Gasteiger partial charge on any atom is -0.493 e. The van der Waals surface area contributed by atoms with Crippen molar-refractivity contribution < 1.29 is 32.6 Å². The Bertz CT molecular complexity index is 804. The van der Waals surface area contributed by atoms with Gasteiger partial charge in [0.15, 0.2) is 23.3 Å². The zero-order chi connectivity index (χ0) is 19.1. The van der Waals surface area contributed by atoms with Crippen LogP contribution in [0, 0.1) is 0 Å². The second-order valence-corrected chi connectivity index (χ2v) is 5.07. The third-order valence-corrected chi connectivity index (χ3v) is 3.28. The van der Waals surface area contributed by atoms with Gasteiger partial charge in [-0.3, -0.25) is 4.79 Å². The molecule has 0 unspecified atom stereocenters. The Hall–Kier alpha value is -2.94. The lowest BCUT2D eigenvalue weighted by molar-refractivity contribution is -0.119. The summed E-state index contributed by atoms with van der Waals surface area (Å²) in [4.78, 5) is 27.6. The summed E-state index contributed by atoms with van der Waals surface area (Å²) in [5.74, 6) is -1.79. The van der Waals surface area contributed by atoms with Crippen molar-refractivity contribution >= 4 is 29.2 Å². The number of benzene rings is 1. The topological polar surface area (TPSA) is 86.8 Å². The summed E-state index contributed by atoms with van der Waals surface area (Å²) < 4.78 is 38.6. The summed E-state index contributed by atoms with van der Waals surface area (Å²) in [6, 6.07) is 6.61. The lowest BCUT2D eigenvalue weighted by Crippen LogP contribution is -2.21. The summed E-state index contributed by atoms with van der Waals surface area (Å²) in [6.45, 7) is -3.62. The summed E-state index contributed by atoms with van der Waals surface area (Å²) in [5, 5.41) is 2.52. The number of alkyl halides is 2. The van der Waals surface area contributed by atoms with Crippen LogP contribution in [0.25, 0.3) is 0 Å². The molecule has 138 valence electrons. The fraction of sp³-hybridized carbons (Fsp3) is 0.188. The number of nitrogens with one attached hydrogen (secondary N) is 1. The van der Waals surface area contributed by atoms with Crippen LogP contribution in [0.4, 0.5) is 14.5 Å². The molecule has 1 aromatic heterocycles. The Kier molecular flexibility index (Phi) is 6.67. The highest BCUT2D eigenvalue weighted by Crippen LogP contribution is 2.29. The molecule has 0 aliphatic carbocycles. The molecule has 7 nitrogen and oxygen atoms in total. The van der Waals surface area contributed by atoms with Gasteiger partial charge in [-0.15, -0.1) is 0 Å². The van der Waals surface area contributed by atoms with E-state index in [9.17, 15) is 18.4 Å². The van der Waals surface area contributed by atoms with Gasteiger partial charge >= 0.3 is 12.6 Å². The number of anilines is 1. The molecule has 10 heteroatoms. The number of rotatable bonds is 7. The number of hydrogen-bond donors (Lipinski definition) is 1. The number of nitrogens with zero attached hydrogens (tertiary/aromatic N) is 1. The van der Waals surface area contributed by atoms with Crippen LogP contribution in [0.3, 0.4) is 0 Å². The van der Waals surface area contributed by atoms with E-state index < -0.39 is 25.1 Å². The first kappa shape index (κ1) is 19.4. The van der Waals surface area contributed by atoms with Crippen molar-refractivity contribution in [3.05, 3.63) is 47.2 Å². The number of hydrogen-bond acceptors (Lipinski definition) is 6. The van der Waals surface area contributed by atoms with Crippen molar-refractivity contribution in [2.75, 3.05) is 19.0 Å². The molecule has 2 aromatic rings. The average Bonchev–Trinajstić information content (AvgIpc) is 2.61. The van der Waals surface area contributed by atoms with E-state index >= 15 is 0 Å². The van der Waals surface area contributed by atoms with E-state index in [4.69, 9.17) is 21.1 Å². The number of amides is 1. The van der Waals surface area contributed by atoms with Gasteiger partial charge in [0, 0.05) is 6.20 Å². The van der Waals surface area contributed by atoms with E-state index in [0.29, 0.717) is 0 Å². The molecule has 2 rings (SSSR count). The smallest absolute Gasteiger partial charge is 0.387 e. The Morgan fingerprint density at radius 1 is 1.27 bits per heavy atom. The molecule has 0 spiro atoms. The number of esters is 1. The van der Waals surface area contributed by atoms with Crippen molar-refractivity contribution in [2.45, 2.75) is 6.61 Å². The summed E-state index contributed by atoms with van der Waals surface area (Å²) in [6.07, 6.45) is 1.45. The molecule has 26 heavy (non-hydrogen) atoms. The molecule has 0 saturated carbocycles. The molecule has 0 radical (unpaired) electrons. The lowest BCUT2D eigenvalue weighted by Gasteiger charge is -2.11. The fourth-order valence-electron chi connectivity index (χ4n) is 1.87. The Morgan fingerprint density at radius 3 is 2.69 bits per heavy atom. The molecule has 0 atom stereocenters. The summed E-state index contributed by atoms with van der Waals surface area (Å²) in [7, 11) is 1.23. The lowest BCUT2D eigenvalue weighted by atomic mass is 10.2. The predicted molar refractivity (Wildman–Crippen MR) is 87.8 cm³/mol. The SMILES string of the molecule is COc1cc(C(=O)OCC(=O)Nc2cccnc2Cl)ccc1OC(F)F. The van der Waals surface area contributed by atoms with Gasteiger partial charge in [-0.05, 0) is 30.3 Å². The van der Waals surface area contributed by atoms with Crippen LogP contribution < -0.4 is 14.8 Å². The molecule has 0 fully saturated rings. The van der Waals surface area contributed by atoms with Crippen LogP contribution in [0.2, 0.25) is 5.15 Å². The van der Waals surface area contributed by atoms with Crippen molar-refractivity contribution in [3.63, 3.8) is 0 Å². The number of aromatic nitrogens is 1. The van der Waals surface area contributed by atoms with Crippen LogP contribution in [0.15, 0.2) is 36.5 Å². The number of methoxy groups -OCH3 is 1. The van der Waals surface area contributed by atoms with Crippen LogP contribution in [0.5, 0.6) is 11.5 Å². The summed E-state index contributed by atoms with van der Waals surface area (Å²) in [5.41, 5.74) is 0.265. The Morgan fingerprint density at radius 2 is 2.04 bits per heavy atom. The second-order valence-electron chi connectivity index (χ2n) is 4.71. The minimum absolute atomic E-state index is 0.00400. The van der Waals surface area contributed by atoms with E-state index in [1.165, 1.54) is 25.4 Å². The van der Waals surface area contributed by atoms with Gasteiger partial charge in [0.1, 0.15) is 0 Å². The average molecular weight is 387 g/mol. The van der Waals surface area contributed by atoms with Crippen LogP contribution in [-0.4, -0.2) is 37.2 Å². The third-order valence-electron chi connectivity index (χ3n) is 2.98. The molecule has 1 aromatic carbocycles. The molecular formula is C16H13ClF2N2O5. The first-order valence-corrected chi connectivity index (χ1v) is 7.49. The number of pyridine rings is 1. The van der Waals surface area contributed by atoms with Crippen molar-refractivity contribution in [1.29, 1.82) is 0 Å². The zero-order valence-corrected chi connectivity index (χ0v) is 14.1. The molecular weight excluding hydrogens is 374 g/mol. The van der Waals surface area contributed by atoms with E-state index in [1.807, 2.05) is 0 Å². The third kappa shape index (κ3) is 5.28. The molecule has 1 amide bonds. The van der Waals surface area contributed by atoms with Gasteiger partial charge in [0.25, 0.3) is 5.91 Å². The van der Waals surface area contributed by atoms with E-state index in [0.717, 1.165) is 12.1 Å². The van der Waals surface area contributed by atoms with E-state index in [2.05, 4.69) is 15.0 Å². The highest BCUT2D eigenvalue weighted by molar-refractivity contribution is 6.32. The fourth-order valence-corrected chi connectivity index (χ4v) is 2.03. The van der Waals surface area contributed by atoms with Gasteiger partial charge in [-0.1, -0.05) is 11.6 Å². The number of halogens is 3. The summed E-state index contributed by atoms with van der Waals surface area (Å²) >= 11 is 5.80. The zero-order valence-electron chi connectivity index (χ0n) is 13.4. The molecule has 0 aliphatic rings. The maximum atomic E-state index is 12.3. The van der Waals surface area contributed by atoms with Crippen LogP contribution in [0.1, 0.15) is 10.4 Å². The highest BCUT2D eigenvalue weighted by Gasteiger charge is 2.16. The van der Waals surface area contributed by atoms with Crippen molar-refractivity contribution in [3.8, 4) is 11.5 Å². The first-order valence-electron chi connectivity index (χ1n) is 7.11. The van der Waals surface area contributed by atoms with Crippen LogP contribution in [-0.2, 0) is 9.53 Å². The number of carbonyl (C=O) groups excluding carboxylic acids is 2. The monoisotopic (exact) mass is 386 g/mol. The Balaban J connectivity index is 1.97. The highest BCUT2D eigenvalue weighted by atomic mass is 35.5. The quantitative estimate of drug-likeness (QED) is 0.581. The van der Waals surface area contributed by atoms with E-state index in [1.54, 1.807) is 6.07 Å². The first-order chi connectivity index (χ1) is 12.4. The van der Waals surface area contributed by atoms with Gasteiger partial charge in [-0.2, -0.15) is 8.78 Å². The van der Waals surface area contributed by atoms with Crippen molar-refractivity contribution in [1.82, 2.24) is 4.98 Å².